The third-order valence-corrected chi connectivity index (χ3v) is 5.73. The zero-order valence-electron chi connectivity index (χ0n) is 15.8. The number of aliphatic hydroxyl groups excluding tert-OH is 3. The quantitative estimate of drug-likeness (QED) is 0.327. The Morgan fingerprint density at radius 2 is 1.90 bits per heavy atom. The number of ether oxygens (including phenoxy) is 1. The Bertz CT molecular complexity index is 1320. The van der Waals surface area contributed by atoms with Crippen molar-refractivity contribution in [1.82, 2.24) is 14.5 Å². The summed E-state index contributed by atoms with van der Waals surface area (Å²) in [6, 6.07) is 14.5. The van der Waals surface area contributed by atoms with E-state index in [1.54, 1.807) is 12.1 Å². The van der Waals surface area contributed by atoms with E-state index >= 15 is 0 Å². The van der Waals surface area contributed by atoms with Crippen molar-refractivity contribution in [3.63, 3.8) is 0 Å². The molecule has 0 spiro atoms. The summed E-state index contributed by atoms with van der Waals surface area (Å²) in [6.07, 6.45) is -2.74. The number of nitrogens with one attached hydrogen (secondary N) is 1. The third-order valence-electron chi connectivity index (χ3n) is 5.73. The highest BCUT2D eigenvalue weighted by atomic mass is 16.6. The van der Waals surface area contributed by atoms with Crippen molar-refractivity contribution in [2.24, 2.45) is 0 Å². The Balaban J connectivity index is 1.88. The van der Waals surface area contributed by atoms with Gasteiger partial charge in [0.2, 0.25) is 5.72 Å². The van der Waals surface area contributed by atoms with Gasteiger partial charge in [-0.25, -0.2) is 4.79 Å². The van der Waals surface area contributed by atoms with Crippen molar-refractivity contribution in [3.05, 3.63) is 70.8 Å². The Hall–Kier alpha value is -3.24. The van der Waals surface area contributed by atoms with Gasteiger partial charge < -0.3 is 30.8 Å². The third kappa shape index (κ3) is 2.44. The Morgan fingerprint density at radius 1 is 1.13 bits per heavy atom. The van der Waals surface area contributed by atoms with E-state index in [1.165, 1.54) is 12.3 Å². The van der Waals surface area contributed by atoms with Gasteiger partial charge in [-0.1, -0.05) is 36.4 Å². The molecule has 2 aromatic carbocycles. The molecule has 30 heavy (non-hydrogen) atoms. The van der Waals surface area contributed by atoms with E-state index in [4.69, 9.17) is 10.5 Å². The minimum atomic E-state index is -1.83. The van der Waals surface area contributed by atoms with Crippen LogP contribution in [-0.4, -0.2) is 54.8 Å². The van der Waals surface area contributed by atoms with E-state index in [2.05, 4.69) is 9.97 Å². The number of benzene rings is 2. The molecule has 1 fully saturated rings. The molecule has 1 aliphatic heterocycles. The van der Waals surface area contributed by atoms with Crippen LogP contribution in [0.4, 0.5) is 5.82 Å². The molecule has 4 aromatic rings. The van der Waals surface area contributed by atoms with Crippen molar-refractivity contribution < 1.29 is 20.1 Å². The highest BCUT2D eigenvalue weighted by Crippen LogP contribution is 2.44. The first-order chi connectivity index (χ1) is 14.5. The molecule has 4 atom stereocenters. The monoisotopic (exact) mass is 408 g/mol. The summed E-state index contributed by atoms with van der Waals surface area (Å²) in [7, 11) is 0. The lowest BCUT2D eigenvalue weighted by Crippen LogP contribution is -2.51. The average Bonchev–Trinajstić information content (AvgIpc) is 3.24. The predicted octanol–water partition coefficient (Wildman–Crippen LogP) is 0.274. The first kappa shape index (κ1) is 18.8. The predicted molar refractivity (Wildman–Crippen MR) is 110 cm³/mol. The smallest absolute Gasteiger partial charge is 0.352 e. The van der Waals surface area contributed by atoms with Gasteiger partial charge in [0.15, 0.2) is 0 Å². The molecule has 0 aliphatic carbocycles. The Kier molecular flexibility index (Phi) is 4.16. The summed E-state index contributed by atoms with van der Waals surface area (Å²) >= 11 is 0. The van der Waals surface area contributed by atoms with Crippen LogP contribution in [0.1, 0.15) is 5.56 Å². The number of nitrogen functional groups attached to an aromatic ring is 1. The molecule has 0 saturated carbocycles. The van der Waals surface area contributed by atoms with Crippen LogP contribution in [0, 0.1) is 0 Å². The zero-order chi connectivity index (χ0) is 21.0. The molecule has 6 N–H and O–H groups in total. The number of fused-ring (bicyclic) bond motifs is 3. The molecule has 9 heteroatoms. The van der Waals surface area contributed by atoms with Crippen molar-refractivity contribution in [3.8, 4) is 0 Å². The van der Waals surface area contributed by atoms with Gasteiger partial charge in [0.25, 0.3) is 0 Å². The molecular weight excluding hydrogens is 388 g/mol. The Labute approximate surface area is 170 Å². The fraction of sp³-hybridized carbons (Fsp3) is 0.238. The van der Waals surface area contributed by atoms with Crippen LogP contribution in [0.5, 0.6) is 0 Å². The molecule has 3 heterocycles. The van der Waals surface area contributed by atoms with Crippen LogP contribution in [-0.2, 0) is 10.5 Å². The second kappa shape index (κ2) is 6.64. The van der Waals surface area contributed by atoms with E-state index < -0.39 is 36.3 Å². The topological polar surface area (TPSA) is 147 Å². The molecule has 0 unspecified atom stereocenters. The van der Waals surface area contributed by atoms with Crippen molar-refractivity contribution >= 4 is 27.6 Å². The zero-order valence-corrected chi connectivity index (χ0v) is 15.8. The first-order valence-electron chi connectivity index (χ1n) is 9.47. The molecule has 2 aromatic heterocycles. The van der Waals surface area contributed by atoms with Gasteiger partial charge in [0, 0.05) is 28.0 Å². The molecule has 1 saturated heterocycles. The fourth-order valence-electron chi connectivity index (χ4n) is 4.34. The number of aromatic nitrogens is 3. The molecule has 0 amide bonds. The van der Waals surface area contributed by atoms with Crippen molar-refractivity contribution in [2.75, 3.05) is 12.3 Å². The van der Waals surface area contributed by atoms with Gasteiger partial charge >= 0.3 is 5.69 Å². The number of hydrogen-bond donors (Lipinski definition) is 5. The standard InChI is InChI=1S/C21H20N4O5/c22-16-8-9-25(20(29)24-16)21(19(28)18(27)15(10-26)30-21)13-6-3-5-12-11-4-1-2-7-14(11)23-17(12)13/h1-9,15,18-19,23,26-28H,10H2,(H2,22,24,29)/t15-,18-,19-,21-/m1/s1. The molecule has 0 radical (unpaired) electrons. The number of aromatic amines is 1. The van der Waals surface area contributed by atoms with Gasteiger partial charge in [-0.3, -0.25) is 4.57 Å². The largest absolute Gasteiger partial charge is 0.394 e. The van der Waals surface area contributed by atoms with E-state index in [9.17, 15) is 20.1 Å². The number of aliphatic hydroxyl groups is 3. The summed E-state index contributed by atoms with van der Waals surface area (Å²) in [5.41, 5.74) is 4.98. The Morgan fingerprint density at radius 3 is 2.63 bits per heavy atom. The highest BCUT2D eigenvalue weighted by molar-refractivity contribution is 6.08. The summed E-state index contributed by atoms with van der Waals surface area (Å²) in [6.45, 7) is -0.542. The summed E-state index contributed by atoms with van der Waals surface area (Å²) in [4.78, 5) is 19.9. The molecule has 1 aliphatic rings. The molecule has 154 valence electrons. The van der Waals surface area contributed by atoms with E-state index in [0.29, 0.717) is 11.1 Å². The van der Waals surface area contributed by atoms with E-state index in [-0.39, 0.29) is 5.82 Å². The van der Waals surface area contributed by atoms with E-state index in [0.717, 1.165) is 20.9 Å². The van der Waals surface area contributed by atoms with Crippen LogP contribution in [0.15, 0.2) is 59.5 Å². The molecular formula is C21H20N4O5. The van der Waals surface area contributed by atoms with Crippen LogP contribution < -0.4 is 11.4 Å². The summed E-state index contributed by atoms with van der Waals surface area (Å²) < 4.78 is 7.14. The second-order valence-corrected chi connectivity index (χ2v) is 7.37. The number of nitrogens with two attached hydrogens (primary N) is 1. The number of H-pyrrole nitrogens is 1. The van der Waals surface area contributed by atoms with Gasteiger partial charge in [-0.05, 0) is 12.1 Å². The lowest BCUT2D eigenvalue weighted by molar-refractivity contribution is -0.119. The molecule has 9 nitrogen and oxygen atoms in total. The fourth-order valence-corrected chi connectivity index (χ4v) is 4.34. The van der Waals surface area contributed by atoms with Crippen LogP contribution in [0.25, 0.3) is 21.8 Å². The molecule has 5 rings (SSSR count). The van der Waals surface area contributed by atoms with Crippen LogP contribution in [0.2, 0.25) is 0 Å². The number of para-hydroxylation sites is 2. The maximum absolute atomic E-state index is 12.8. The van der Waals surface area contributed by atoms with Crippen molar-refractivity contribution in [1.29, 1.82) is 0 Å². The van der Waals surface area contributed by atoms with Gasteiger partial charge in [0.1, 0.15) is 24.1 Å². The summed E-state index contributed by atoms with van der Waals surface area (Å²) in [5.74, 6) is 0.0157. The van der Waals surface area contributed by atoms with Crippen LogP contribution >= 0.6 is 0 Å². The molecule has 0 bridgehead atoms. The minimum Gasteiger partial charge on any atom is -0.394 e. The minimum absolute atomic E-state index is 0.0157. The lowest BCUT2D eigenvalue weighted by atomic mass is 9.92. The number of hydrogen-bond acceptors (Lipinski definition) is 7. The van der Waals surface area contributed by atoms with E-state index in [1.807, 2.05) is 30.3 Å². The average molecular weight is 408 g/mol. The maximum atomic E-state index is 12.8. The SMILES string of the molecule is Nc1ccn([C@]2(c3cccc4c3[nH]c3ccccc34)O[C@H](CO)[C@@H](O)[C@H]2O)c(=O)n1. The lowest BCUT2D eigenvalue weighted by Gasteiger charge is -2.34. The number of nitrogens with zero attached hydrogens (tertiary/aromatic N) is 2. The second-order valence-electron chi connectivity index (χ2n) is 7.37. The number of anilines is 1. The highest BCUT2D eigenvalue weighted by Gasteiger charge is 2.57. The van der Waals surface area contributed by atoms with Gasteiger partial charge in [0.05, 0.1) is 12.1 Å². The van der Waals surface area contributed by atoms with Crippen LogP contribution in [0.3, 0.4) is 0 Å². The maximum Gasteiger partial charge on any atom is 0.352 e. The van der Waals surface area contributed by atoms with Gasteiger partial charge in [-0.2, -0.15) is 4.98 Å². The number of rotatable bonds is 3. The normalized spacial score (nSPS) is 26.6. The van der Waals surface area contributed by atoms with Crippen molar-refractivity contribution in [2.45, 2.75) is 24.0 Å². The van der Waals surface area contributed by atoms with Gasteiger partial charge in [-0.15, -0.1) is 0 Å². The summed E-state index contributed by atoms with van der Waals surface area (Å²) in [5, 5.41) is 33.2. The first-order valence-corrected chi connectivity index (χ1v) is 9.47.